The molecule has 1 heterocycles. The molecule has 142 valence electrons. The Bertz CT molecular complexity index is 1160. The van der Waals surface area contributed by atoms with Crippen molar-refractivity contribution in [3.8, 4) is 0 Å². The Morgan fingerprint density at radius 2 is 1.81 bits per heavy atom. The van der Waals surface area contributed by atoms with Crippen molar-refractivity contribution >= 4 is 60.6 Å². The third-order valence-electron chi connectivity index (χ3n) is 4.19. The summed E-state index contributed by atoms with van der Waals surface area (Å²) < 4.78 is 76.1. The van der Waals surface area contributed by atoms with Gasteiger partial charge in [-0.3, -0.25) is 4.72 Å². The summed E-state index contributed by atoms with van der Waals surface area (Å²) in [4.78, 5) is 0. The van der Waals surface area contributed by atoms with Crippen LogP contribution in [0.3, 0.4) is 0 Å². The van der Waals surface area contributed by atoms with Gasteiger partial charge in [0.05, 0.1) is 22.6 Å². The number of nitrogens with one attached hydrogen (secondary N) is 2. The van der Waals surface area contributed by atoms with Crippen LogP contribution in [0.1, 0.15) is 12.8 Å². The summed E-state index contributed by atoms with van der Waals surface area (Å²) in [5, 5.41) is 1.65. The first kappa shape index (κ1) is 18.4. The summed E-state index contributed by atoms with van der Waals surface area (Å²) in [6.07, 6.45) is 2.08. The van der Waals surface area contributed by atoms with Crippen LogP contribution in [0.15, 0.2) is 34.9 Å². The van der Waals surface area contributed by atoms with E-state index < -0.39 is 38.4 Å². The van der Waals surface area contributed by atoms with E-state index in [0.29, 0.717) is 16.4 Å². The highest BCUT2D eigenvalue weighted by Crippen LogP contribution is 2.41. The summed E-state index contributed by atoms with van der Waals surface area (Å²) >= 11 is 1.91. The van der Waals surface area contributed by atoms with Gasteiger partial charge < -0.3 is 9.73 Å². The molecule has 0 radical (unpaired) electrons. The minimum absolute atomic E-state index is 0.133. The lowest BCUT2D eigenvalue weighted by Crippen LogP contribution is -2.19. The zero-order chi connectivity index (χ0) is 19.3. The fraction of sp³-hybridized carbons (Fsp3) is 0.176. The van der Waals surface area contributed by atoms with Crippen LogP contribution in [0, 0.1) is 21.0 Å². The lowest BCUT2D eigenvalue weighted by molar-refractivity contribution is 0.518. The van der Waals surface area contributed by atoms with E-state index in [2.05, 4.69) is 10.0 Å². The first-order valence-corrected chi connectivity index (χ1v) is 10.5. The van der Waals surface area contributed by atoms with Gasteiger partial charge in [-0.2, -0.15) is 0 Å². The molecule has 1 aliphatic rings. The molecule has 0 saturated heterocycles. The highest BCUT2D eigenvalue weighted by Gasteiger charge is 2.37. The van der Waals surface area contributed by atoms with Gasteiger partial charge in [0.1, 0.15) is 17.2 Å². The van der Waals surface area contributed by atoms with E-state index in [-0.39, 0.29) is 22.3 Å². The molecule has 3 aromatic rings. The van der Waals surface area contributed by atoms with Gasteiger partial charge in [0.2, 0.25) is 10.0 Å². The zero-order valence-corrected chi connectivity index (χ0v) is 16.5. The molecule has 1 fully saturated rings. The molecule has 27 heavy (non-hydrogen) atoms. The maximum absolute atomic E-state index is 14.7. The van der Waals surface area contributed by atoms with Gasteiger partial charge in [-0.1, -0.05) is 0 Å². The number of halogens is 4. The summed E-state index contributed by atoms with van der Waals surface area (Å²) in [5.41, 5.74) is -1.14. The molecule has 1 aromatic heterocycles. The molecular weight excluding hydrogens is 496 g/mol. The fourth-order valence-electron chi connectivity index (χ4n) is 2.67. The van der Waals surface area contributed by atoms with Gasteiger partial charge >= 0.3 is 0 Å². The second-order valence-corrected chi connectivity index (χ2v) is 9.34. The molecule has 0 atom stereocenters. The van der Waals surface area contributed by atoms with Crippen molar-refractivity contribution < 1.29 is 26.0 Å². The van der Waals surface area contributed by atoms with Gasteiger partial charge in [-0.15, -0.1) is 0 Å². The molecule has 5 nitrogen and oxygen atoms in total. The number of hydrogen-bond acceptors (Lipinski definition) is 4. The Morgan fingerprint density at radius 3 is 2.48 bits per heavy atom. The van der Waals surface area contributed by atoms with Gasteiger partial charge in [0, 0.05) is 3.57 Å². The average Bonchev–Trinajstić information content (AvgIpc) is 3.36. The minimum atomic E-state index is -3.80. The van der Waals surface area contributed by atoms with Crippen molar-refractivity contribution in [1.82, 2.24) is 0 Å². The van der Waals surface area contributed by atoms with Crippen LogP contribution in [0.4, 0.5) is 30.2 Å². The predicted octanol–water partition coefficient (Wildman–Crippen LogP) is 5.10. The molecule has 0 unspecified atom stereocenters. The summed E-state index contributed by atoms with van der Waals surface area (Å²) in [6.45, 7) is 0. The SMILES string of the molecule is O=S(=O)(Nc1c(Nc2ccc(I)cc2F)c(F)c(F)c2ccoc12)C1CC1. The molecule has 0 amide bonds. The Hall–Kier alpha value is -1.95. The van der Waals surface area contributed by atoms with E-state index in [1.807, 2.05) is 22.6 Å². The summed E-state index contributed by atoms with van der Waals surface area (Å²) in [5.74, 6) is -3.26. The van der Waals surface area contributed by atoms with Crippen LogP contribution in [0.5, 0.6) is 0 Å². The molecule has 4 rings (SSSR count). The number of fused-ring (bicyclic) bond motifs is 1. The number of benzene rings is 2. The second-order valence-electron chi connectivity index (χ2n) is 6.14. The van der Waals surface area contributed by atoms with Gasteiger partial charge in [0.15, 0.2) is 17.2 Å². The van der Waals surface area contributed by atoms with E-state index in [1.165, 1.54) is 18.2 Å². The topological polar surface area (TPSA) is 71.3 Å². The maximum Gasteiger partial charge on any atom is 0.235 e. The van der Waals surface area contributed by atoms with E-state index >= 15 is 0 Å². The van der Waals surface area contributed by atoms with Crippen molar-refractivity contribution in [2.24, 2.45) is 0 Å². The second kappa shape index (κ2) is 6.59. The fourth-order valence-corrected chi connectivity index (χ4v) is 4.53. The van der Waals surface area contributed by atoms with E-state index in [1.54, 1.807) is 6.07 Å². The van der Waals surface area contributed by atoms with E-state index in [0.717, 1.165) is 6.26 Å². The molecule has 0 aliphatic heterocycles. The summed E-state index contributed by atoms with van der Waals surface area (Å²) in [7, 11) is -3.80. The zero-order valence-electron chi connectivity index (χ0n) is 13.5. The highest BCUT2D eigenvalue weighted by atomic mass is 127. The third kappa shape index (κ3) is 3.35. The van der Waals surface area contributed by atoms with Crippen molar-refractivity contribution in [1.29, 1.82) is 0 Å². The van der Waals surface area contributed by atoms with Gasteiger partial charge in [-0.25, -0.2) is 21.6 Å². The van der Waals surface area contributed by atoms with Crippen LogP contribution in [-0.2, 0) is 10.0 Å². The first-order valence-electron chi connectivity index (χ1n) is 7.90. The largest absolute Gasteiger partial charge is 0.462 e. The van der Waals surface area contributed by atoms with Crippen molar-refractivity contribution in [3.05, 3.63) is 51.6 Å². The maximum atomic E-state index is 14.7. The van der Waals surface area contributed by atoms with Crippen LogP contribution in [0.2, 0.25) is 0 Å². The predicted molar refractivity (Wildman–Crippen MR) is 104 cm³/mol. The molecule has 0 spiro atoms. The number of rotatable bonds is 5. The molecule has 2 aromatic carbocycles. The molecule has 0 bridgehead atoms. The van der Waals surface area contributed by atoms with Crippen LogP contribution in [-0.4, -0.2) is 13.7 Å². The summed E-state index contributed by atoms with van der Waals surface area (Å²) in [6, 6.07) is 5.31. The third-order valence-corrected chi connectivity index (χ3v) is 6.70. The van der Waals surface area contributed by atoms with Gasteiger partial charge in [-0.05, 0) is 59.7 Å². The van der Waals surface area contributed by atoms with Crippen LogP contribution >= 0.6 is 22.6 Å². The van der Waals surface area contributed by atoms with Gasteiger partial charge in [0.25, 0.3) is 0 Å². The lowest BCUT2D eigenvalue weighted by Gasteiger charge is -2.16. The van der Waals surface area contributed by atoms with Crippen molar-refractivity contribution in [2.75, 3.05) is 10.0 Å². The van der Waals surface area contributed by atoms with E-state index in [9.17, 15) is 21.6 Å². The first-order chi connectivity index (χ1) is 12.8. The molecular formula is C17H12F3IN2O3S. The quantitative estimate of drug-likeness (QED) is 0.471. The van der Waals surface area contributed by atoms with E-state index in [4.69, 9.17) is 4.42 Å². The number of hydrogen-bond donors (Lipinski definition) is 2. The smallest absolute Gasteiger partial charge is 0.235 e. The molecule has 1 aliphatic carbocycles. The lowest BCUT2D eigenvalue weighted by atomic mass is 10.1. The molecule has 10 heteroatoms. The minimum Gasteiger partial charge on any atom is -0.462 e. The average molecular weight is 508 g/mol. The standard InChI is InChI=1S/C17H12F3IN2O3S/c18-11-7-8(21)1-4-12(11)22-15-14(20)13(19)10-5-6-26-17(10)16(15)23-27(24,25)9-2-3-9/h1,4-7,9,22-23H,2-3H2. The Balaban J connectivity index is 1.89. The Labute approximate surface area is 166 Å². The Morgan fingerprint density at radius 1 is 1.07 bits per heavy atom. The van der Waals surface area contributed by atoms with Crippen LogP contribution in [0.25, 0.3) is 11.0 Å². The number of sulfonamides is 1. The normalized spacial score (nSPS) is 14.5. The highest BCUT2D eigenvalue weighted by molar-refractivity contribution is 14.1. The molecule has 2 N–H and O–H groups in total. The number of furan rings is 1. The Kier molecular flexibility index (Phi) is 4.49. The van der Waals surface area contributed by atoms with Crippen LogP contribution < -0.4 is 10.0 Å². The van der Waals surface area contributed by atoms with Crippen molar-refractivity contribution in [3.63, 3.8) is 0 Å². The molecule has 1 saturated carbocycles. The monoisotopic (exact) mass is 508 g/mol. The number of anilines is 3. The van der Waals surface area contributed by atoms with Crippen molar-refractivity contribution in [2.45, 2.75) is 18.1 Å².